The van der Waals surface area contributed by atoms with E-state index in [9.17, 15) is 0 Å². The number of anilines is 3. The molecule has 2 heteroatoms. The molecule has 214 valence electrons. The lowest BCUT2D eigenvalue weighted by molar-refractivity contribution is 0.660. The van der Waals surface area contributed by atoms with Crippen molar-refractivity contribution >= 4 is 49.8 Å². The highest BCUT2D eigenvalue weighted by Gasteiger charge is 2.36. The first-order valence-corrected chi connectivity index (χ1v) is 15.6. The fourth-order valence-corrected chi connectivity index (χ4v) is 7.46. The smallest absolute Gasteiger partial charge is 0.136 e. The molecule has 0 saturated heterocycles. The van der Waals surface area contributed by atoms with Gasteiger partial charge in [0.2, 0.25) is 0 Å². The summed E-state index contributed by atoms with van der Waals surface area (Å²) in [6, 6.07) is 54.7. The van der Waals surface area contributed by atoms with E-state index in [2.05, 4.69) is 164 Å². The average Bonchev–Trinajstić information content (AvgIpc) is 3.57. The van der Waals surface area contributed by atoms with Crippen LogP contribution in [0.5, 0.6) is 0 Å². The number of furan rings is 1. The van der Waals surface area contributed by atoms with Gasteiger partial charge in [0.1, 0.15) is 11.2 Å². The first-order chi connectivity index (χ1) is 22.1. The van der Waals surface area contributed by atoms with Gasteiger partial charge in [-0.1, -0.05) is 117 Å². The number of benzene rings is 7. The minimum absolute atomic E-state index is 0.101. The van der Waals surface area contributed by atoms with Crippen molar-refractivity contribution in [2.75, 3.05) is 4.90 Å². The third-order valence-electron chi connectivity index (χ3n) is 9.64. The molecule has 0 saturated carbocycles. The van der Waals surface area contributed by atoms with Crippen LogP contribution in [0.1, 0.15) is 25.0 Å². The van der Waals surface area contributed by atoms with Crippen LogP contribution in [0.4, 0.5) is 17.1 Å². The van der Waals surface area contributed by atoms with Crippen LogP contribution >= 0.6 is 0 Å². The zero-order chi connectivity index (χ0) is 30.1. The second-order valence-corrected chi connectivity index (χ2v) is 12.6. The SMILES string of the molecule is CC1(C)c2ccccc2-c2ccc(N(c3ccccc3)c3ccc4oc5ccccc5c4c3-c3ccc4ccccc4c3)cc21. The monoisotopic (exact) mass is 577 g/mol. The van der Waals surface area contributed by atoms with E-state index in [0.717, 1.165) is 50.1 Å². The molecule has 0 spiro atoms. The van der Waals surface area contributed by atoms with E-state index < -0.39 is 0 Å². The Morgan fingerprint density at radius 1 is 0.511 bits per heavy atom. The molecule has 0 aliphatic heterocycles. The molecule has 1 aliphatic carbocycles. The van der Waals surface area contributed by atoms with Gasteiger partial charge in [0.05, 0.1) is 5.69 Å². The molecular formula is C43H31NO. The van der Waals surface area contributed by atoms with Gasteiger partial charge in [-0.25, -0.2) is 0 Å². The third kappa shape index (κ3) is 3.89. The molecule has 0 N–H and O–H groups in total. The average molecular weight is 578 g/mol. The van der Waals surface area contributed by atoms with Crippen LogP contribution in [0, 0.1) is 0 Å². The fourth-order valence-electron chi connectivity index (χ4n) is 7.46. The van der Waals surface area contributed by atoms with Crippen LogP contribution in [-0.2, 0) is 5.41 Å². The Labute approximate surface area is 262 Å². The first kappa shape index (κ1) is 25.9. The molecule has 0 bridgehead atoms. The van der Waals surface area contributed by atoms with Gasteiger partial charge in [-0.2, -0.15) is 0 Å². The number of hydrogen-bond acceptors (Lipinski definition) is 2. The van der Waals surface area contributed by atoms with Gasteiger partial charge in [-0.15, -0.1) is 0 Å². The second-order valence-electron chi connectivity index (χ2n) is 12.6. The van der Waals surface area contributed by atoms with Crippen LogP contribution in [0.2, 0.25) is 0 Å². The van der Waals surface area contributed by atoms with Gasteiger partial charge < -0.3 is 9.32 Å². The highest BCUT2D eigenvalue weighted by atomic mass is 16.3. The standard InChI is InChI=1S/C43H31NO/c1-43(2)36-18-10-8-16-33(36)34-23-22-32(27-37(34)43)44(31-14-4-3-5-15-31)38-24-25-40-42(35-17-9-11-19-39(35)45-40)41(38)30-21-20-28-12-6-7-13-29(28)26-30/h3-27H,1-2H3. The molecule has 0 atom stereocenters. The summed E-state index contributed by atoms with van der Waals surface area (Å²) in [5.41, 5.74) is 12.8. The van der Waals surface area contributed by atoms with Gasteiger partial charge in [0.25, 0.3) is 0 Å². The second kappa shape index (κ2) is 9.70. The number of nitrogens with zero attached hydrogens (tertiary/aromatic N) is 1. The molecule has 1 aliphatic rings. The summed E-state index contributed by atoms with van der Waals surface area (Å²) >= 11 is 0. The molecule has 0 radical (unpaired) electrons. The lowest BCUT2D eigenvalue weighted by Gasteiger charge is -2.30. The van der Waals surface area contributed by atoms with Crippen molar-refractivity contribution in [1.82, 2.24) is 0 Å². The fraction of sp³-hybridized carbons (Fsp3) is 0.0698. The molecule has 9 rings (SSSR count). The van der Waals surface area contributed by atoms with E-state index in [4.69, 9.17) is 4.42 Å². The van der Waals surface area contributed by atoms with Crippen LogP contribution in [0.3, 0.4) is 0 Å². The van der Waals surface area contributed by atoms with Crippen molar-refractivity contribution in [2.45, 2.75) is 19.3 Å². The highest BCUT2D eigenvalue weighted by Crippen LogP contribution is 2.52. The number of rotatable bonds is 4. The molecule has 0 fully saturated rings. The zero-order valence-electron chi connectivity index (χ0n) is 25.3. The number of hydrogen-bond donors (Lipinski definition) is 0. The lowest BCUT2D eigenvalue weighted by atomic mass is 9.82. The third-order valence-corrected chi connectivity index (χ3v) is 9.64. The maximum absolute atomic E-state index is 6.45. The first-order valence-electron chi connectivity index (χ1n) is 15.6. The predicted molar refractivity (Wildman–Crippen MR) is 189 cm³/mol. The van der Waals surface area contributed by atoms with Crippen molar-refractivity contribution < 1.29 is 4.42 Å². The van der Waals surface area contributed by atoms with Crippen LogP contribution in [0.25, 0.3) is 55.0 Å². The molecule has 7 aromatic carbocycles. The molecule has 8 aromatic rings. The number of fused-ring (bicyclic) bond motifs is 7. The molecule has 45 heavy (non-hydrogen) atoms. The van der Waals surface area contributed by atoms with E-state index in [0.29, 0.717) is 0 Å². The van der Waals surface area contributed by atoms with Crippen molar-refractivity contribution in [3.63, 3.8) is 0 Å². The maximum Gasteiger partial charge on any atom is 0.136 e. The van der Waals surface area contributed by atoms with Crippen molar-refractivity contribution in [1.29, 1.82) is 0 Å². The van der Waals surface area contributed by atoms with Crippen molar-refractivity contribution in [2.24, 2.45) is 0 Å². The number of para-hydroxylation sites is 2. The predicted octanol–water partition coefficient (Wildman–Crippen LogP) is 12.2. The molecule has 1 heterocycles. The minimum Gasteiger partial charge on any atom is -0.456 e. The van der Waals surface area contributed by atoms with E-state index in [1.807, 2.05) is 6.07 Å². The Morgan fingerprint density at radius 3 is 2.13 bits per heavy atom. The molecular weight excluding hydrogens is 546 g/mol. The van der Waals surface area contributed by atoms with Gasteiger partial charge in [0.15, 0.2) is 0 Å². The van der Waals surface area contributed by atoms with E-state index >= 15 is 0 Å². The lowest BCUT2D eigenvalue weighted by Crippen LogP contribution is -2.16. The van der Waals surface area contributed by atoms with Crippen LogP contribution in [-0.4, -0.2) is 0 Å². The van der Waals surface area contributed by atoms with E-state index in [-0.39, 0.29) is 5.41 Å². The largest absolute Gasteiger partial charge is 0.456 e. The summed E-state index contributed by atoms with van der Waals surface area (Å²) in [6.45, 7) is 4.69. The van der Waals surface area contributed by atoms with Gasteiger partial charge in [0, 0.05) is 33.1 Å². The molecule has 2 nitrogen and oxygen atoms in total. The highest BCUT2D eigenvalue weighted by molar-refractivity contribution is 6.17. The topological polar surface area (TPSA) is 16.4 Å². The summed E-state index contributed by atoms with van der Waals surface area (Å²) in [5, 5.41) is 4.70. The van der Waals surface area contributed by atoms with E-state index in [1.165, 1.54) is 33.0 Å². The Morgan fingerprint density at radius 2 is 1.24 bits per heavy atom. The summed E-state index contributed by atoms with van der Waals surface area (Å²) in [4.78, 5) is 2.42. The maximum atomic E-state index is 6.45. The summed E-state index contributed by atoms with van der Waals surface area (Å²) in [5.74, 6) is 0. The Hall–Kier alpha value is -5.60. The summed E-state index contributed by atoms with van der Waals surface area (Å²) in [6.07, 6.45) is 0. The normalized spacial score (nSPS) is 13.3. The zero-order valence-corrected chi connectivity index (χ0v) is 25.3. The quantitative estimate of drug-likeness (QED) is 0.207. The van der Waals surface area contributed by atoms with Crippen LogP contribution in [0.15, 0.2) is 156 Å². The molecule has 0 amide bonds. The summed E-state index contributed by atoms with van der Waals surface area (Å²) < 4.78 is 6.45. The Kier molecular flexibility index (Phi) is 5.58. The molecule has 0 unspecified atom stereocenters. The van der Waals surface area contributed by atoms with Gasteiger partial charge in [-0.05, 0) is 87.1 Å². The van der Waals surface area contributed by atoms with Crippen LogP contribution < -0.4 is 4.90 Å². The Balaban J connectivity index is 1.36. The van der Waals surface area contributed by atoms with Gasteiger partial charge in [-0.3, -0.25) is 0 Å². The van der Waals surface area contributed by atoms with E-state index in [1.54, 1.807) is 0 Å². The van der Waals surface area contributed by atoms with Crippen molar-refractivity contribution in [3.05, 3.63) is 163 Å². The Bertz CT molecular complexity index is 2410. The minimum atomic E-state index is -0.101. The molecule has 1 aromatic heterocycles. The van der Waals surface area contributed by atoms with Gasteiger partial charge >= 0.3 is 0 Å². The van der Waals surface area contributed by atoms with Crippen molar-refractivity contribution in [3.8, 4) is 22.3 Å². The summed E-state index contributed by atoms with van der Waals surface area (Å²) in [7, 11) is 0.